The van der Waals surface area contributed by atoms with Gasteiger partial charge >= 0.3 is 0 Å². The zero-order valence-electron chi connectivity index (χ0n) is 16.7. The lowest BCUT2D eigenvalue weighted by atomic mass is 9.89. The van der Waals surface area contributed by atoms with Crippen molar-refractivity contribution in [2.75, 3.05) is 31.7 Å². The van der Waals surface area contributed by atoms with Crippen molar-refractivity contribution in [1.29, 1.82) is 0 Å². The van der Waals surface area contributed by atoms with Crippen molar-refractivity contribution in [1.82, 2.24) is 4.90 Å². The summed E-state index contributed by atoms with van der Waals surface area (Å²) in [7, 11) is 0. The number of aryl methyl sites for hydroxylation is 1. The maximum absolute atomic E-state index is 5.62. The predicted octanol–water partition coefficient (Wildman–Crippen LogP) is 5.19. The summed E-state index contributed by atoms with van der Waals surface area (Å²) in [6.45, 7) is 4.98. The first-order valence-electron chi connectivity index (χ1n) is 10.8. The fourth-order valence-electron chi connectivity index (χ4n) is 5.01. The number of benzene rings is 3. The number of fused-ring (bicyclic) bond motifs is 6. The second-order valence-electron chi connectivity index (χ2n) is 8.41. The Labute approximate surface area is 171 Å². The molecule has 3 aromatic carbocycles. The van der Waals surface area contributed by atoms with Gasteiger partial charge in [-0.15, -0.1) is 0 Å². The molecule has 0 radical (unpaired) electrons. The second-order valence-corrected chi connectivity index (χ2v) is 8.41. The maximum atomic E-state index is 5.62. The SMILES string of the molecule is c1cc2c(cc1CCCN1CCCC1)-c1ccc3cc4c(cc3c1NC2)OCO4. The van der Waals surface area contributed by atoms with Gasteiger partial charge in [-0.25, -0.2) is 0 Å². The number of hydrogen-bond acceptors (Lipinski definition) is 4. The van der Waals surface area contributed by atoms with Gasteiger partial charge in [0.2, 0.25) is 6.79 Å². The number of nitrogens with one attached hydrogen (secondary N) is 1. The van der Waals surface area contributed by atoms with Crippen molar-refractivity contribution < 1.29 is 9.47 Å². The third kappa shape index (κ3) is 3.03. The Morgan fingerprint density at radius 2 is 1.76 bits per heavy atom. The van der Waals surface area contributed by atoms with E-state index in [9.17, 15) is 0 Å². The Kier molecular flexibility index (Phi) is 4.12. The Bertz CT molecular complexity index is 1090. The third-order valence-corrected chi connectivity index (χ3v) is 6.57. The molecule has 3 aromatic rings. The molecular weight excluding hydrogens is 360 g/mol. The third-order valence-electron chi connectivity index (χ3n) is 6.57. The van der Waals surface area contributed by atoms with Crippen LogP contribution in [0.15, 0.2) is 42.5 Å². The molecule has 4 heteroatoms. The Hall–Kier alpha value is -2.72. The van der Waals surface area contributed by atoms with Crippen LogP contribution in [-0.2, 0) is 13.0 Å². The lowest BCUT2D eigenvalue weighted by molar-refractivity contribution is 0.174. The molecule has 0 aliphatic carbocycles. The lowest BCUT2D eigenvalue weighted by Crippen LogP contribution is -2.20. The van der Waals surface area contributed by atoms with Crippen molar-refractivity contribution in [2.45, 2.75) is 32.2 Å². The van der Waals surface area contributed by atoms with Gasteiger partial charge in [0.25, 0.3) is 0 Å². The van der Waals surface area contributed by atoms with Crippen molar-refractivity contribution in [3.63, 3.8) is 0 Å². The van der Waals surface area contributed by atoms with Crippen LogP contribution in [0.3, 0.4) is 0 Å². The molecule has 29 heavy (non-hydrogen) atoms. The smallest absolute Gasteiger partial charge is 0.231 e. The molecule has 148 valence electrons. The van der Waals surface area contributed by atoms with Gasteiger partial charge in [0, 0.05) is 17.5 Å². The number of rotatable bonds is 4. The van der Waals surface area contributed by atoms with E-state index in [1.165, 1.54) is 77.6 Å². The monoisotopic (exact) mass is 386 g/mol. The van der Waals surface area contributed by atoms with Gasteiger partial charge in [0.05, 0.1) is 5.69 Å². The fourth-order valence-corrected chi connectivity index (χ4v) is 5.01. The van der Waals surface area contributed by atoms with Crippen molar-refractivity contribution in [3.8, 4) is 22.6 Å². The molecule has 1 saturated heterocycles. The van der Waals surface area contributed by atoms with Gasteiger partial charge in [0.1, 0.15) is 0 Å². The van der Waals surface area contributed by atoms with Crippen LogP contribution in [0.2, 0.25) is 0 Å². The molecule has 0 unspecified atom stereocenters. The molecule has 0 amide bonds. The highest BCUT2D eigenvalue weighted by atomic mass is 16.7. The van der Waals surface area contributed by atoms with E-state index >= 15 is 0 Å². The highest BCUT2D eigenvalue weighted by Gasteiger charge is 2.21. The number of anilines is 1. The first-order valence-corrected chi connectivity index (χ1v) is 10.8. The average Bonchev–Trinajstić information content (AvgIpc) is 3.43. The fraction of sp³-hybridized carbons (Fsp3) is 0.360. The Morgan fingerprint density at radius 3 is 2.66 bits per heavy atom. The maximum Gasteiger partial charge on any atom is 0.231 e. The first-order chi connectivity index (χ1) is 14.3. The minimum Gasteiger partial charge on any atom is -0.454 e. The van der Waals surface area contributed by atoms with Crippen LogP contribution < -0.4 is 14.8 Å². The quantitative estimate of drug-likeness (QED) is 0.669. The zero-order chi connectivity index (χ0) is 19.2. The lowest BCUT2D eigenvalue weighted by Gasteiger charge is -2.24. The molecule has 4 nitrogen and oxygen atoms in total. The van der Waals surface area contributed by atoms with Gasteiger partial charge in [-0.3, -0.25) is 0 Å². The number of hydrogen-bond donors (Lipinski definition) is 1. The van der Waals surface area contributed by atoms with Crippen molar-refractivity contribution >= 4 is 16.5 Å². The van der Waals surface area contributed by atoms with Crippen LogP contribution in [0.5, 0.6) is 11.5 Å². The summed E-state index contributed by atoms with van der Waals surface area (Å²) in [5.41, 5.74) is 6.70. The molecular formula is C25H26N2O2. The van der Waals surface area contributed by atoms with E-state index in [-0.39, 0.29) is 0 Å². The Morgan fingerprint density at radius 1 is 0.897 bits per heavy atom. The molecule has 3 heterocycles. The molecule has 6 rings (SSSR count). The molecule has 1 N–H and O–H groups in total. The standard InChI is InChI=1S/C25H26N2O2/c1-2-10-27(9-1)11-3-4-17-5-6-19-15-26-25-20(21(19)12-17)8-7-18-13-23-24(14-22(18)25)29-16-28-23/h5-8,12-14,26H,1-4,9-11,15-16H2. The summed E-state index contributed by atoms with van der Waals surface area (Å²) in [6.07, 6.45) is 5.14. The molecule has 0 spiro atoms. The van der Waals surface area contributed by atoms with Crippen molar-refractivity contribution in [2.24, 2.45) is 0 Å². The van der Waals surface area contributed by atoms with Crippen LogP contribution in [0.1, 0.15) is 30.4 Å². The van der Waals surface area contributed by atoms with E-state index in [0.29, 0.717) is 6.79 Å². The van der Waals surface area contributed by atoms with E-state index in [0.717, 1.165) is 24.5 Å². The second kappa shape index (κ2) is 6.96. The number of likely N-dealkylation sites (tertiary alicyclic amines) is 1. The van der Waals surface area contributed by atoms with Crippen LogP contribution in [0, 0.1) is 0 Å². The highest BCUT2D eigenvalue weighted by Crippen LogP contribution is 2.44. The minimum atomic E-state index is 0.310. The molecule has 0 aromatic heterocycles. The largest absolute Gasteiger partial charge is 0.454 e. The van der Waals surface area contributed by atoms with E-state index < -0.39 is 0 Å². The van der Waals surface area contributed by atoms with Gasteiger partial charge in [-0.2, -0.15) is 0 Å². The van der Waals surface area contributed by atoms with Gasteiger partial charge in [-0.05, 0) is 79.5 Å². The zero-order valence-corrected chi connectivity index (χ0v) is 16.7. The van der Waals surface area contributed by atoms with E-state index in [1.807, 2.05) is 0 Å². The van der Waals surface area contributed by atoms with E-state index in [1.54, 1.807) is 0 Å². The minimum absolute atomic E-state index is 0.310. The summed E-state index contributed by atoms with van der Waals surface area (Å²) < 4.78 is 11.2. The number of nitrogens with zero attached hydrogens (tertiary/aromatic N) is 1. The number of ether oxygens (including phenoxy) is 2. The molecule has 0 atom stereocenters. The first kappa shape index (κ1) is 17.2. The van der Waals surface area contributed by atoms with Crippen molar-refractivity contribution in [3.05, 3.63) is 53.6 Å². The van der Waals surface area contributed by atoms with E-state index in [4.69, 9.17) is 9.47 Å². The van der Waals surface area contributed by atoms with Crippen LogP contribution in [0.25, 0.3) is 21.9 Å². The summed E-state index contributed by atoms with van der Waals surface area (Å²) in [5, 5.41) is 6.04. The summed E-state index contributed by atoms with van der Waals surface area (Å²) in [6, 6.07) is 15.7. The topological polar surface area (TPSA) is 33.7 Å². The molecule has 1 fully saturated rings. The van der Waals surface area contributed by atoms with Gasteiger partial charge in [0.15, 0.2) is 11.5 Å². The molecule has 3 aliphatic heterocycles. The normalized spacial score (nSPS) is 17.2. The average molecular weight is 386 g/mol. The summed E-state index contributed by atoms with van der Waals surface area (Å²) in [5.74, 6) is 1.68. The molecule has 0 saturated carbocycles. The van der Waals surface area contributed by atoms with E-state index in [2.05, 4.69) is 52.7 Å². The molecule has 3 aliphatic rings. The van der Waals surface area contributed by atoms with Crippen LogP contribution in [-0.4, -0.2) is 31.3 Å². The summed E-state index contributed by atoms with van der Waals surface area (Å²) in [4.78, 5) is 2.61. The highest BCUT2D eigenvalue weighted by molar-refractivity contribution is 6.04. The Balaban J connectivity index is 1.32. The summed E-state index contributed by atoms with van der Waals surface area (Å²) >= 11 is 0. The van der Waals surface area contributed by atoms with Gasteiger partial charge < -0.3 is 19.7 Å². The molecule has 0 bridgehead atoms. The van der Waals surface area contributed by atoms with Gasteiger partial charge in [-0.1, -0.05) is 30.3 Å². The van der Waals surface area contributed by atoms with Crippen LogP contribution >= 0.6 is 0 Å². The predicted molar refractivity (Wildman–Crippen MR) is 117 cm³/mol. The van der Waals surface area contributed by atoms with Crippen LogP contribution in [0.4, 0.5) is 5.69 Å².